The Morgan fingerprint density at radius 2 is 1.65 bits per heavy atom. The Balaban J connectivity index is 1.75. The molecule has 0 spiro atoms. The second kappa shape index (κ2) is 12.0. The average molecular weight is 473 g/mol. The third-order valence-electron chi connectivity index (χ3n) is 5.73. The minimum atomic E-state index is -0.967. The molecule has 0 unspecified atom stereocenters. The molecule has 2 aromatic rings. The summed E-state index contributed by atoms with van der Waals surface area (Å²) in [4.78, 5) is 66.3. The number of nitrogens with one attached hydrogen (secondary N) is 5. The van der Waals surface area contributed by atoms with Gasteiger partial charge in [0.05, 0.1) is 12.7 Å². The van der Waals surface area contributed by atoms with Gasteiger partial charge < -0.3 is 30.8 Å². The number of aromatic nitrogens is 4. The topological polar surface area (TPSA) is 165 Å². The number of hydrogen-bond acceptors (Lipinski definition) is 6. The maximum atomic E-state index is 13.3. The molecule has 0 aromatic carbocycles. The Hall–Kier alpha value is -3.70. The molecule has 1 saturated heterocycles. The minimum absolute atomic E-state index is 0.151. The van der Waals surface area contributed by atoms with Crippen LogP contribution in [0.1, 0.15) is 44.5 Å². The van der Waals surface area contributed by atoms with Gasteiger partial charge in [0.2, 0.25) is 23.6 Å². The van der Waals surface area contributed by atoms with E-state index in [9.17, 15) is 19.2 Å². The van der Waals surface area contributed by atoms with E-state index in [1.807, 2.05) is 6.92 Å². The molecule has 3 rings (SSSR count). The number of imidazole rings is 2. The molecule has 2 aromatic heterocycles. The van der Waals surface area contributed by atoms with Gasteiger partial charge in [0, 0.05) is 56.6 Å². The second-order valence-electron chi connectivity index (χ2n) is 8.35. The van der Waals surface area contributed by atoms with Crippen LogP contribution in [0.2, 0.25) is 0 Å². The summed E-state index contributed by atoms with van der Waals surface area (Å²) in [5.74, 6) is -1.41. The highest BCUT2D eigenvalue weighted by atomic mass is 16.2. The lowest BCUT2D eigenvalue weighted by Gasteiger charge is -2.26. The first-order chi connectivity index (χ1) is 16.4. The molecule has 12 nitrogen and oxygen atoms in total. The van der Waals surface area contributed by atoms with E-state index in [-0.39, 0.29) is 24.7 Å². The number of rotatable bonds is 11. The molecule has 0 saturated carbocycles. The smallest absolute Gasteiger partial charge is 0.243 e. The highest BCUT2D eigenvalue weighted by Crippen LogP contribution is 2.18. The maximum Gasteiger partial charge on any atom is 0.243 e. The Labute approximate surface area is 197 Å². The summed E-state index contributed by atoms with van der Waals surface area (Å²) in [6, 6.07) is -2.45. The molecule has 3 atom stereocenters. The van der Waals surface area contributed by atoms with E-state index in [1.165, 1.54) is 24.5 Å². The molecule has 1 aliphatic rings. The highest BCUT2D eigenvalue weighted by Gasteiger charge is 2.35. The fourth-order valence-corrected chi connectivity index (χ4v) is 3.98. The molecular formula is C22H32N8O4. The molecule has 34 heavy (non-hydrogen) atoms. The lowest BCUT2D eigenvalue weighted by atomic mass is 10.1. The van der Waals surface area contributed by atoms with E-state index in [1.54, 1.807) is 12.4 Å². The van der Waals surface area contributed by atoms with E-state index in [2.05, 4.69) is 35.9 Å². The van der Waals surface area contributed by atoms with E-state index < -0.39 is 29.9 Å². The number of hydrogen-bond donors (Lipinski definition) is 5. The third-order valence-corrected chi connectivity index (χ3v) is 5.73. The van der Waals surface area contributed by atoms with Gasteiger partial charge in [0.25, 0.3) is 0 Å². The Morgan fingerprint density at radius 1 is 1.03 bits per heavy atom. The van der Waals surface area contributed by atoms with Gasteiger partial charge in [-0.3, -0.25) is 19.2 Å². The van der Waals surface area contributed by atoms with Gasteiger partial charge in [-0.05, 0) is 19.3 Å². The third kappa shape index (κ3) is 6.65. The van der Waals surface area contributed by atoms with Gasteiger partial charge in [0.15, 0.2) is 0 Å². The predicted octanol–water partition coefficient (Wildman–Crippen LogP) is -0.575. The van der Waals surface area contributed by atoms with E-state index in [0.29, 0.717) is 30.9 Å². The van der Waals surface area contributed by atoms with Gasteiger partial charge in [0.1, 0.15) is 18.1 Å². The van der Waals surface area contributed by atoms with Crippen molar-refractivity contribution in [1.82, 2.24) is 40.8 Å². The Bertz CT molecular complexity index is 960. The Kier molecular flexibility index (Phi) is 8.77. The molecule has 3 heterocycles. The van der Waals surface area contributed by atoms with E-state index >= 15 is 0 Å². The summed E-state index contributed by atoms with van der Waals surface area (Å²) in [5.41, 5.74) is 1.34. The van der Waals surface area contributed by atoms with Crippen molar-refractivity contribution in [3.63, 3.8) is 0 Å². The van der Waals surface area contributed by atoms with Gasteiger partial charge in [-0.2, -0.15) is 0 Å². The van der Waals surface area contributed by atoms with Crippen molar-refractivity contribution < 1.29 is 19.2 Å². The summed E-state index contributed by atoms with van der Waals surface area (Å²) < 4.78 is 0. The fourth-order valence-electron chi connectivity index (χ4n) is 3.98. The largest absolute Gasteiger partial charge is 0.354 e. The van der Waals surface area contributed by atoms with Crippen LogP contribution in [-0.4, -0.2) is 79.7 Å². The van der Waals surface area contributed by atoms with Crippen LogP contribution in [-0.2, 0) is 32.0 Å². The molecule has 0 aliphatic carbocycles. The van der Waals surface area contributed by atoms with Crippen LogP contribution in [0.4, 0.5) is 0 Å². The van der Waals surface area contributed by atoms with Crippen molar-refractivity contribution in [3.05, 3.63) is 36.4 Å². The molecular weight excluding hydrogens is 440 g/mol. The molecule has 4 amide bonds. The summed E-state index contributed by atoms with van der Waals surface area (Å²) in [5, 5.41) is 8.36. The van der Waals surface area contributed by atoms with Crippen molar-refractivity contribution in [1.29, 1.82) is 0 Å². The van der Waals surface area contributed by atoms with Crippen LogP contribution in [0.3, 0.4) is 0 Å². The van der Waals surface area contributed by atoms with Crippen molar-refractivity contribution in [2.24, 2.45) is 0 Å². The average Bonchev–Trinajstić information content (AvgIpc) is 3.59. The lowest BCUT2D eigenvalue weighted by molar-refractivity contribution is -0.138. The van der Waals surface area contributed by atoms with Gasteiger partial charge in [-0.15, -0.1) is 0 Å². The van der Waals surface area contributed by atoms with Crippen LogP contribution in [0, 0.1) is 0 Å². The summed E-state index contributed by atoms with van der Waals surface area (Å²) in [6.07, 6.45) is 8.52. The zero-order chi connectivity index (χ0) is 24.5. The molecule has 1 fully saturated rings. The monoisotopic (exact) mass is 472 g/mol. The van der Waals surface area contributed by atoms with Gasteiger partial charge in [-0.25, -0.2) is 9.97 Å². The van der Waals surface area contributed by atoms with Crippen molar-refractivity contribution in [2.75, 3.05) is 13.1 Å². The summed E-state index contributed by atoms with van der Waals surface area (Å²) in [6.45, 7) is 4.35. The van der Waals surface area contributed by atoms with Crippen LogP contribution in [0.15, 0.2) is 25.0 Å². The van der Waals surface area contributed by atoms with E-state index in [4.69, 9.17) is 0 Å². The number of nitrogens with zero attached hydrogens (tertiary/aromatic N) is 3. The number of carbonyl (C=O) groups is 4. The van der Waals surface area contributed by atoms with Crippen LogP contribution in [0.5, 0.6) is 0 Å². The first kappa shape index (κ1) is 24.9. The van der Waals surface area contributed by atoms with Crippen LogP contribution in [0.25, 0.3) is 0 Å². The first-order valence-electron chi connectivity index (χ1n) is 11.5. The zero-order valence-electron chi connectivity index (χ0n) is 19.5. The second-order valence-corrected chi connectivity index (χ2v) is 8.35. The standard InChI is InChI=1S/C22H32N8O4/c1-3-6-25-20(32)17(8-15-10-23-12-26-15)28-21(33)18(9-16-11-24-13-27-16)29-22(34)19-5-4-7-30(19)14(2)31/h10-13,17-19H,3-9H2,1-2H3,(H,23,26)(H,24,27)(H,25,32)(H,28,33)(H,29,34)/t17-,18-,19-/m0/s1. The number of likely N-dealkylation sites (tertiary alicyclic amines) is 1. The van der Waals surface area contributed by atoms with Crippen molar-refractivity contribution in [3.8, 4) is 0 Å². The summed E-state index contributed by atoms with van der Waals surface area (Å²) in [7, 11) is 0. The number of aromatic amines is 2. The number of H-pyrrole nitrogens is 2. The quantitative estimate of drug-likeness (QED) is 0.294. The molecule has 184 valence electrons. The normalized spacial score (nSPS) is 17.1. The molecule has 0 bridgehead atoms. The highest BCUT2D eigenvalue weighted by molar-refractivity contribution is 5.94. The molecule has 5 N–H and O–H groups in total. The van der Waals surface area contributed by atoms with Gasteiger partial charge >= 0.3 is 0 Å². The maximum absolute atomic E-state index is 13.3. The summed E-state index contributed by atoms with van der Waals surface area (Å²) >= 11 is 0. The predicted molar refractivity (Wildman–Crippen MR) is 122 cm³/mol. The molecule has 1 aliphatic heterocycles. The van der Waals surface area contributed by atoms with Crippen LogP contribution < -0.4 is 16.0 Å². The zero-order valence-corrected chi connectivity index (χ0v) is 19.5. The first-order valence-corrected chi connectivity index (χ1v) is 11.5. The number of amides is 4. The lowest BCUT2D eigenvalue weighted by Crippen LogP contribution is -2.57. The van der Waals surface area contributed by atoms with Crippen molar-refractivity contribution in [2.45, 2.75) is 64.1 Å². The molecule has 0 radical (unpaired) electrons. The van der Waals surface area contributed by atoms with E-state index in [0.717, 1.165) is 12.8 Å². The fraction of sp³-hybridized carbons (Fsp3) is 0.545. The van der Waals surface area contributed by atoms with Crippen LogP contribution >= 0.6 is 0 Å². The molecule has 12 heteroatoms. The number of carbonyl (C=O) groups excluding carboxylic acids is 4. The minimum Gasteiger partial charge on any atom is -0.354 e. The van der Waals surface area contributed by atoms with Crippen molar-refractivity contribution >= 4 is 23.6 Å². The SMILES string of the molecule is CCCNC(=O)[C@H](Cc1cnc[nH]1)NC(=O)[C@H](Cc1cnc[nH]1)NC(=O)[C@@H]1CCCN1C(C)=O. The Morgan fingerprint density at radius 3 is 2.18 bits per heavy atom. The van der Waals surface area contributed by atoms with Gasteiger partial charge in [-0.1, -0.05) is 6.92 Å².